The fourth-order valence-corrected chi connectivity index (χ4v) is 3.61. The molecule has 0 amide bonds. The second-order valence-electron chi connectivity index (χ2n) is 3.04. The second kappa shape index (κ2) is 5.87. The molecule has 1 aromatic carbocycles. The summed E-state index contributed by atoms with van der Waals surface area (Å²) in [6, 6.07) is 10.0. The zero-order valence-electron chi connectivity index (χ0n) is 8.03. The van der Waals surface area contributed by atoms with Gasteiger partial charge in [-0.05, 0) is 12.6 Å². The van der Waals surface area contributed by atoms with Gasteiger partial charge in [0.2, 0.25) is 0 Å². The van der Waals surface area contributed by atoms with Crippen LogP contribution >= 0.6 is 0 Å². The highest BCUT2D eigenvalue weighted by atomic mass is 28.4. The monoisotopic (exact) mass is 208 g/mol. The lowest BCUT2D eigenvalue weighted by atomic mass is 10.2. The summed E-state index contributed by atoms with van der Waals surface area (Å²) >= 11 is 0. The minimum absolute atomic E-state index is 0.174. The van der Waals surface area contributed by atoms with E-state index in [0.717, 1.165) is 0 Å². The molecular weight excluding hydrogens is 192 g/mol. The second-order valence-corrected chi connectivity index (χ2v) is 8.72. The Hall–Kier alpha value is -0.686. The minimum atomic E-state index is 0.174. The minimum Gasteiger partial charge on any atom is -0.346 e. The van der Waals surface area contributed by atoms with Gasteiger partial charge < -0.3 is 8.88 Å². The van der Waals surface area contributed by atoms with Crippen LogP contribution in [0, 0.1) is 0 Å². The summed E-state index contributed by atoms with van der Waals surface area (Å²) in [6.07, 6.45) is 1.83. The molecule has 0 radical (unpaired) electrons. The molecule has 1 aliphatic rings. The first-order valence-corrected chi connectivity index (χ1v) is 7.07. The van der Waals surface area contributed by atoms with Crippen LogP contribution in [0.15, 0.2) is 36.9 Å². The van der Waals surface area contributed by atoms with Crippen molar-refractivity contribution in [2.75, 3.05) is 7.05 Å². The Balaban J connectivity index is 0.000000145. The lowest BCUT2D eigenvalue weighted by Gasteiger charge is -2.25. The third kappa shape index (κ3) is 4.18. The van der Waals surface area contributed by atoms with Crippen LogP contribution in [-0.2, 0) is 0 Å². The molecule has 1 fully saturated rings. The van der Waals surface area contributed by atoms with Crippen LogP contribution in [0.1, 0.15) is 5.56 Å². The van der Waals surface area contributed by atoms with Crippen LogP contribution in [0.4, 0.5) is 0 Å². The molecule has 1 saturated heterocycles. The van der Waals surface area contributed by atoms with Crippen LogP contribution in [-0.4, -0.2) is 31.0 Å². The molecule has 0 spiro atoms. The predicted molar refractivity (Wildman–Crippen MR) is 64.5 cm³/mol. The average molecular weight is 208 g/mol. The maximum atomic E-state index is 3.63. The van der Waals surface area contributed by atoms with Crippen molar-refractivity contribution in [2.45, 2.75) is 0 Å². The Kier molecular flexibility index (Phi) is 4.70. The van der Waals surface area contributed by atoms with Gasteiger partial charge in [-0.25, -0.2) is 0 Å². The van der Waals surface area contributed by atoms with Crippen LogP contribution in [0.3, 0.4) is 0 Å². The molecule has 0 aromatic heterocycles. The van der Waals surface area contributed by atoms with Gasteiger partial charge in [0.05, 0.1) is 0 Å². The smallest absolute Gasteiger partial charge is 0.157 e. The molecule has 1 aromatic rings. The molecule has 2 rings (SSSR count). The first-order valence-electron chi connectivity index (χ1n) is 4.39. The largest absolute Gasteiger partial charge is 0.346 e. The van der Waals surface area contributed by atoms with Gasteiger partial charge in [0.15, 0.2) is 19.7 Å². The van der Waals surface area contributed by atoms with Crippen LogP contribution < -0.4 is 4.65 Å². The first kappa shape index (κ1) is 10.4. The lowest BCUT2D eigenvalue weighted by Crippen LogP contribution is -2.56. The highest BCUT2D eigenvalue weighted by Crippen LogP contribution is 1.97. The summed E-state index contributed by atoms with van der Waals surface area (Å²) in [5, 5.41) is 0. The van der Waals surface area contributed by atoms with Gasteiger partial charge in [-0.15, -0.1) is 0 Å². The van der Waals surface area contributed by atoms with Crippen molar-refractivity contribution >= 4 is 25.8 Å². The van der Waals surface area contributed by atoms with Crippen molar-refractivity contribution in [1.82, 2.24) is 8.88 Å². The molecular formula is C9H16N2Si2. The van der Waals surface area contributed by atoms with E-state index >= 15 is 0 Å². The van der Waals surface area contributed by atoms with Gasteiger partial charge in [0.1, 0.15) is 0 Å². The van der Waals surface area contributed by atoms with Crippen LogP contribution in [0.5, 0.6) is 0 Å². The number of nitrogens with one attached hydrogen (secondary N) is 1. The summed E-state index contributed by atoms with van der Waals surface area (Å²) in [5.41, 5.74) is 1.17. The van der Waals surface area contributed by atoms with E-state index in [0.29, 0.717) is 0 Å². The van der Waals surface area contributed by atoms with E-state index in [9.17, 15) is 0 Å². The van der Waals surface area contributed by atoms with Gasteiger partial charge in [0, 0.05) is 0 Å². The normalized spacial score (nSPS) is 18.8. The van der Waals surface area contributed by atoms with Gasteiger partial charge in [0.25, 0.3) is 0 Å². The summed E-state index contributed by atoms with van der Waals surface area (Å²) in [4.78, 5) is 0. The fourth-order valence-electron chi connectivity index (χ4n) is 0.925. The number of hydrogen-bond donors (Lipinski definition) is 1. The molecule has 0 unspecified atom stereocenters. The van der Waals surface area contributed by atoms with Crippen molar-refractivity contribution in [1.29, 1.82) is 0 Å². The number of hydrogen-bond acceptors (Lipinski definition) is 2. The Bertz CT molecular complexity index is 247. The van der Waals surface area contributed by atoms with Gasteiger partial charge in [-0.3, -0.25) is 0 Å². The Morgan fingerprint density at radius 2 is 1.85 bits per heavy atom. The van der Waals surface area contributed by atoms with Crippen molar-refractivity contribution in [2.24, 2.45) is 0 Å². The maximum absolute atomic E-state index is 3.63. The van der Waals surface area contributed by atoms with E-state index in [1.165, 1.54) is 5.56 Å². The highest BCUT2D eigenvalue weighted by molar-refractivity contribution is 6.64. The standard InChI is InChI=1S/C8H8.CH8N2Si2/c1-2-8-6-4-3-5-7-8;1-3-4-2-5-3/h2-7H,1H2;2H,4-5H2,1H3. The molecule has 0 aliphatic carbocycles. The molecule has 0 atom stereocenters. The van der Waals surface area contributed by atoms with Crippen LogP contribution in [0.25, 0.3) is 6.08 Å². The summed E-state index contributed by atoms with van der Waals surface area (Å²) in [7, 11) is 2.55. The molecule has 1 N–H and O–H groups in total. The first-order chi connectivity index (χ1) is 6.33. The quantitative estimate of drug-likeness (QED) is 0.646. The highest BCUT2D eigenvalue weighted by Gasteiger charge is 2.05. The van der Waals surface area contributed by atoms with Crippen molar-refractivity contribution in [3.05, 3.63) is 42.5 Å². The van der Waals surface area contributed by atoms with Crippen molar-refractivity contribution in [3.63, 3.8) is 0 Å². The van der Waals surface area contributed by atoms with E-state index < -0.39 is 0 Å². The van der Waals surface area contributed by atoms with Gasteiger partial charge in [-0.2, -0.15) is 0 Å². The third-order valence-electron chi connectivity index (χ3n) is 1.80. The fraction of sp³-hybridized carbons (Fsp3) is 0.111. The number of nitrogens with zero attached hydrogens (tertiary/aromatic N) is 1. The summed E-state index contributed by atoms with van der Waals surface area (Å²) < 4.78 is 5.84. The number of rotatable bonds is 1. The van der Waals surface area contributed by atoms with Gasteiger partial charge >= 0.3 is 0 Å². The third-order valence-corrected chi connectivity index (χ3v) is 6.01. The van der Waals surface area contributed by atoms with E-state index in [-0.39, 0.29) is 19.7 Å². The maximum Gasteiger partial charge on any atom is 0.157 e. The molecule has 13 heavy (non-hydrogen) atoms. The van der Waals surface area contributed by atoms with E-state index in [2.05, 4.69) is 22.5 Å². The van der Waals surface area contributed by atoms with E-state index in [1.54, 1.807) is 0 Å². The van der Waals surface area contributed by atoms with Crippen molar-refractivity contribution < 1.29 is 0 Å². The SMILES string of the molecule is C=Cc1ccccc1.CN1[SiH2]N[SiH2]1. The zero-order valence-corrected chi connectivity index (χ0v) is 10.9. The van der Waals surface area contributed by atoms with E-state index in [1.807, 2.05) is 36.4 Å². The molecule has 70 valence electrons. The summed E-state index contributed by atoms with van der Waals surface area (Å²) in [6.45, 7) is 3.63. The Labute approximate surface area is 84.6 Å². The molecule has 4 heteroatoms. The molecule has 2 nitrogen and oxygen atoms in total. The lowest BCUT2D eigenvalue weighted by molar-refractivity contribution is 0.772. The predicted octanol–water partition coefficient (Wildman–Crippen LogP) is -0.151. The number of benzene rings is 1. The molecule has 0 bridgehead atoms. The molecule has 0 saturated carbocycles. The van der Waals surface area contributed by atoms with E-state index in [4.69, 9.17) is 0 Å². The molecule has 1 heterocycles. The summed E-state index contributed by atoms with van der Waals surface area (Å²) in [5.74, 6) is 0. The molecule has 1 aliphatic heterocycles. The van der Waals surface area contributed by atoms with Crippen molar-refractivity contribution in [3.8, 4) is 0 Å². The Morgan fingerprint density at radius 3 is 2.08 bits per heavy atom. The average Bonchev–Trinajstić information content (AvgIpc) is 2.17. The topological polar surface area (TPSA) is 15.3 Å². The zero-order chi connectivity index (χ0) is 9.52. The van der Waals surface area contributed by atoms with Gasteiger partial charge in [-0.1, -0.05) is 43.0 Å². The Morgan fingerprint density at radius 1 is 1.31 bits per heavy atom. The van der Waals surface area contributed by atoms with Crippen LogP contribution in [0.2, 0.25) is 0 Å².